The maximum Gasteiger partial charge on any atom is 0.147 e. The second-order valence-electron chi connectivity index (χ2n) is 0.944. The maximum atomic E-state index is 4.80. The van der Waals surface area contributed by atoms with Crippen LogP contribution >= 0.6 is 12.6 Å². The summed E-state index contributed by atoms with van der Waals surface area (Å²) >= 11 is 3.79. The first-order chi connectivity index (χ1) is 3.41. The van der Waals surface area contributed by atoms with Gasteiger partial charge in [-0.15, -0.1) is 0 Å². The van der Waals surface area contributed by atoms with E-state index < -0.39 is 0 Å². The van der Waals surface area contributed by atoms with E-state index in [4.69, 9.17) is 9.47 Å². The van der Waals surface area contributed by atoms with Crippen LogP contribution in [0, 0.1) is 0 Å². The third-order valence-electron chi connectivity index (χ3n) is 0.462. The van der Waals surface area contributed by atoms with Gasteiger partial charge in [0.1, 0.15) is 6.79 Å². The molecule has 0 aliphatic heterocycles. The van der Waals surface area contributed by atoms with Crippen molar-refractivity contribution in [3.8, 4) is 0 Å². The molecule has 0 saturated carbocycles. The summed E-state index contributed by atoms with van der Waals surface area (Å²) in [5.41, 5.74) is 0. The van der Waals surface area contributed by atoms with Crippen LogP contribution in [0.5, 0.6) is 0 Å². The highest BCUT2D eigenvalue weighted by molar-refractivity contribution is 7.80. The highest BCUT2D eigenvalue weighted by Crippen LogP contribution is 1.78. The first-order valence-corrected chi connectivity index (χ1v) is 2.81. The van der Waals surface area contributed by atoms with Crippen LogP contribution in [0.3, 0.4) is 0 Å². The molecule has 0 radical (unpaired) electrons. The molecule has 0 spiro atoms. The topological polar surface area (TPSA) is 18.5 Å². The molecule has 0 aromatic heterocycles. The van der Waals surface area contributed by atoms with Crippen LogP contribution in [0.1, 0.15) is 6.92 Å². The number of hydrogen-bond acceptors (Lipinski definition) is 3. The first kappa shape index (κ1) is 7.27. The van der Waals surface area contributed by atoms with Gasteiger partial charge in [-0.05, 0) is 6.92 Å². The normalized spacial score (nSPS) is 9.43. The smallest absolute Gasteiger partial charge is 0.147 e. The summed E-state index contributed by atoms with van der Waals surface area (Å²) in [5, 5.41) is 0. The summed E-state index contributed by atoms with van der Waals surface area (Å²) in [7, 11) is 0. The van der Waals surface area contributed by atoms with Crippen molar-refractivity contribution in [2.45, 2.75) is 6.92 Å². The molecule has 0 aliphatic carbocycles. The number of rotatable bonds is 4. The van der Waals surface area contributed by atoms with E-state index in [0.717, 1.165) is 0 Å². The lowest BCUT2D eigenvalue weighted by Crippen LogP contribution is -1.96. The Bertz CT molecular complexity index is 28.9. The molecule has 0 rings (SSSR count). The molecule has 0 fully saturated rings. The minimum absolute atomic E-state index is 0.361. The Labute approximate surface area is 49.2 Å². The van der Waals surface area contributed by atoms with E-state index in [-0.39, 0.29) is 0 Å². The van der Waals surface area contributed by atoms with Crippen LogP contribution in [0.25, 0.3) is 0 Å². The van der Waals surface area contributed by atoms with E-state index in [0.29, 0.717) is 19.3 Å². The summed E-state index contributed by atoms with van der Waals surface area (Å²) in [6.45, 7) is 2.98. The predicted molar refractivity (Wildman–Crippen MR) is 31.4 cm³/mol. The predicted octanol–water partition coefficient (Wildman–Crippen LogP) is 0.884. The molecule has 3 heteroatoms. The maximum absolute atomic E-state index is 4.80. The largest absolute Gasteiger partial charge is 0.356 e. The van der Waals surface area contributed by atoms with Gasteiger partial charge in [-0.25, -0.2) is 0 Å². The van der Waals surface area contributed by atoms with Crippen molar-refractivity contribution < 1.29 is 9.47 Å². The van der Waals surface area contributed by atoms with Gasteiger partial charge in [0.25, 0.3) is 0 Å². The van der Waals surface area contributed by atoms with E-state index in [1.54, 1.807) is 0 Å². The zero-order chi connectivity index (χ0) is 5.54. The van der Waals surface area contributed by atoms with Crippen molar-refractivity contribution >= 4 is 12.6 Å². The Balaban J connectivity index is 2.45. The monoisotopic (exact) mass is 122 g/mol. The summed E-state index contributed by atoms with van der Waals surface area (Å²) < 4.78 is 9.52. The zero-order valence-corrected chi connectivity index (χ0v) is 5.28. The van der Waals surface area contributed by atoms with Crippen molar-refractivity contribution in [2.24, 2.45) is 0 Å². The summed E-state index contributed by atoms with van der Waals surface area (Å²) in [6.07, 6.45) is 0. The minimum atomic E-state index is 0.361. The third kappa shape index (κ3) is 6.27. The number of ether oxygens (including phenoxy) is 2. The van der Waals surface area contributed by atoms with Crippen molar-refractivity contribution in [1.82, 2.24) is 0 Å². The van der Waals surface area contributed by atoms with Crippen LogP contribution in [0.15, 0.2) is 0 Å². The standard InChI is InChI=1S/C4H10O2S/c1-2-5-3-6-4-7/h7H,2-4H2,1H3. The van der Waals surface area contributed by atoms with Crippen LogP contribution in [-0.4, -0.2) is 19.3 Å². The number of thiol groups is 1. The Morgan fingerprint density at radius 2 is 2.14 bits per heavy atom. The highest BCUT2D eigenvalue weighted by atomic mass is 32.1. The molecule has 0 N–H and O–H groups in total. The molecule has 7 heavy (non-hydrogen) atoms. The average Bonchev–Trinajstić information content (AvgIpc) is 1.69. The molecule has 0 heterocycles. The van der Waals surface area contributed by atoms with Gasteiger partial charge in [0, 0.05) is 6.61 Å². The fraction of sp³-hybridized carbons (Fsp3) is 1.00. The lowest BCUT2D eigenvalue weighted by Gasteiger charge is -1.96. The Morgan fingerprint density at radius 1 is 1.43 bits per heavy atom. The first-order valence-electron chi connectivity index (χ1n) is 2.18. The van der Waals surface area contributed by atoms with Crippen LogP contribution < -0.4 is 0 Å². The van der Waals surface area contributed by atoms with Crippen LogP contribution in [0.4, 0.5) is 0 Å². The van der Waals surface area contributed by atoms with E-state index in [9.17, 15) is 0 Å². The SMILES string of the molecule is CCOCOCS. The molecule has 0 atom stereocenters. The molecule has 2 nitrogen and oxygen atoms in total. The summed E-state index contributed by atoms with van der Waals surface area (Å²) in [6, 6.07) is 0. The van der Waals surface area contributed by atoms with E-state index in [1.807, 2.05) is 6.92 Å². The zero-order valence-electron chi connectivity index (χ0n) is 4.39. The van der Waals surface area contributed by atoms with E-state index in [1.165, 1.54) is 0 Å². The molecule has 0 aromatic rings. The number of hydrogen-bond donors (Lipinski definition) is 1. The highest BCUT2D eigenvalue weighted by Gasteiger charge is 1.76. The van der Waals surface area contributed by atoms with Crippen molar-refractivity contribution in [1.29, 1.82) is 0 Å². The van der Waals surface area contributed by atoms with Crippen LogP contribution in [-0.2, 0) is 9.47 Å². The van der Waals surface area contributed by atoms with Gasteiger partial charge in [0.15, 0.2) is 0 Å². The van der Waals surface area contributed by atoms with Gasteiger partial charge in [0.05, 0.1) is 5.94 Å². The minimum Gasteiger partial charge on any atom is -0.356 e. The Hall–Kier alpha value is 0.270. The van der Waals surface area contributed by atoms with Crippen molar-refractivity contribution in [2.75, 3.05) is 19.3 Å². The molecule has 0 aliphatic rings. The molecular formula is C4H10O2S. The second kappa shape index (κ2) is 6.27. The third-order valence-corrected chi connectivity index (χ3v) is 0.645. The molecule has 44 valence electrons. The summed E-state index contributed by atoms with van der Waals surface area (Å²) in [5.74, 6) is 0.431. The Kier molecular flexibility index (Phi) is 6.51. The molecule has 0 bridgehead atoms. The quantitative estimate of drug-likeness (QED) is 0.339. The van der Waals surface area contributed by atoms with E-state index >= 15 is 0 Å². The second-order valence-corrected chi connectivity index (χ2v) is 1.20. The lowest BCUT2D eigenvalue weighted by atomic mass is 10.9. The molecule has 0 amide bonds. The fourth-order valence-corrected chi connectivity index (χ4v) is 0.254. The molecule has 0 saturated heterocycles. The average molecular weight is 122 g/mol. The molecule has 0 aromatic carbocycles. The fourth-order valence-electron chi connectivity index (χ4n) is 0.180. The van der Waals surface area contributed by atoms with Gasteiger partial charge in [-0.3, -0.25) is 0 Å². The van der Waals surface area contributed by atoms with Gasteiger partial charge in [-0.1, -0.05) is 0 Å². The van der Waals surface area contributed by atoms with E-state index in [2.05, 4.69) is 12.6 Å². The molecular weight excluding hydrogens is 112 g/mol. The van der Waals surface area contributed by atoms with Gasteiger partial charge >= 0.3 is 0 Å². The summed E-state index contributed by atoms with van der Waals surface area (Å²) in [4.78, 5) is 0. The van der Waals surface area contributed by atoms with Crippen molar-refractivity contribution in [3.05, 3.63) is 0 Å². The Morgan fingerprint density at radius 3 is 2.57 bits per heavy atom. The van der Waals surface area contributed by atoms with Crippen molar-refractivity contribution in [3.63, 3.8) is 0 Å². The van der Waals surface area contributed by atoms with Gasteiger partial charge < -0.3 is 9.47 Å². The lowest BCUT2D eigenvalue weighted by molar-refractivity contribution is -0.0307. The van der Waals surface area contributed by atoms with Crippen LogP contribution in [0.2, 0.25) is 0 Å². The van der Waals surface area contributed by atoms with Gasteiger partial charge in [-0.2, -0.15) is 12.6 Å². The molecule has 0 unspecified atom stereocenters. The van der Waals surface area contributed by atoms with Gasteiger partial charge in [0.2, 0.25) is 0 Å².